The minimum absolute atomic E-state index is 0.154. The van der Waals surface area contributed by atoms with E-state index in [1.165, 1.54) is 16.5 Å². The van der Waals surface area contributed by atoms with Crippen molar-refractivity contribution >= 4 is 32.7 Å². The van der Waals surface area contributed by atoms with E-state index in [1.807, 2.05) is 18.0 Å². The first-order valence-corrected chi connectivity index (χ1v) is 7.49. The number of rotatable bonds is 1. The summed E-state index contributed by atoms with van der Waals surface area (Å²) in [6.45, 7) is 3.76. The second-order valence-electron chi connectivity index (χ2n) is 5.06. The van der Waals surface area contributed by atoms with Crippen LogP contribution in [0.3, 0.4) is 0 Å². The first-order valence-electron chi connectivity index (χ1n) is 6.69. The summed E-state index contributed by atoms with van der Waals surface area (Å²) < 4.78 is 3.22. The molecule has 0 N–H and O–H groups in total. The molecule has 0 unspecified atom stereocenters. The summed E-state index contributed by atoms with van der Waals surface area (Å²) in [7, 11) is 1.89. The third-order valence-electron chi connectivity index (χ3n) is 3.92. The molecular weight excluding hydrogens is 304 g/mol. The smallest absolute Gasteiger partial charge is 0.270 e. The molecule has 0 radical (unpaired) electrons. The van der Waals surface area contributed by atoms with Gasteiger partial charge in [-0.05, 0) is 43.5 Å². The molecule has 0 aliphatic carbocycles. The lowest BCUT2D eigenvalue weighted by atomic mass is 10.1. The largest absolute Gasteiger partial charge is 0.340 e. The molecule has 3 nitrogen and oxygen atoms in total. The van der Waals surface area contributed by atoms with Crippen LogP contribution in [0.4, 0.5) is 0 Å². The van der Waals surface area contributed by atoms with Gasteiger partial charge in [0.05, 0.1) is 0 Å². The van der Waals surface area contributed by atoms with E-state index in [0.29, 0.717) is 0 Å². The van der Waals surface area contributed by atoms with Gasteiger partial charge in [0, 0.05) is 35.5 Å². The van der Waals surface area contributed by atoms with Crippen LogP contribution in [0.25, 0.3) is 10.9 Å². The fraction of sp³-hybridized carbons (Fsp3) is 0.400. The van der Waals surface area contributed by atoms with Gasteiger partial charge in [0.25, 0.3) is 5.91 Å². The van der Waals surface area contributed by atoms with Gasteiger partial charge in [0.15, 0.2) is 0 Å². The van der Waals surface area contributed by atoms with Crippen LogP contribution >= 0.6 is 15.9 Å². The second kappa shape index (κ2) is 4.67. The highest BCUT2D eigenvalue weighted by molar-refractivity contribution is 9.10. The first-order chi connectivity index (χ1) is 9.13. The number of halogens is 1. The Balaban J connectivity index is 2.37. The van der Waals surface area contributed by atoms with Gasteiger partial charge in [0.1, 0.15) is 5.69 Å². The maximum atomic E-state index is 12.6. The average Bonchev–Trinajstić information content (AvgIpc) is 2.62. The second-order valence-corrected chi connectivity index (χ2v) is 5.98. The quantitative estimate of drug-likeness (QED) is 0.790. The van der Waals surface area contributed by atoms with Crippen molar-refractivity contribution in [1.29, 1.82) is 0 Å². The van der Waals surface area contributed by atoms with Crippen molar-refractivity contribution in [3.8, 4) is 0 Å². The lowest BCUT2D eigenvalue weighted by Gasteiger charge is -2.15. The van der Waals surface area contributed by atoms with Crippen molar-refractivity contribution in [2.24, 2.45) is 0 Å². The molecule has 0 saturated heterocycles. The molecule has 2 heterocycles. The molecule has 1 aromatic carbocycles. The lowest BCUT2D eigenvalue weighted by Crippen LogP contribution is -2.28. The molecule has 2 aromatic rings. The summed E-state index contributed by atoms with van der Waals surface area (Å²) in [6.07, 6.45) is 2.01. The van der Waals surface area contributed by atoms with Crippen LogP contribution in [0.5, 0.6) is 0 Å². The van der Waals surface area contributed by atoms with Gasteiger partial charge in [-0.1, -0.05) is 15.9 Å². The van der Waals surface area contributed by atoms with Crippen LogP contribution in [0.15, 0.2) is 22.7 Å². The number of aryl methyl sites for hydroxylation is 2. The SMILES string of the molecule is CCn1c2c(c3cc(Br)ccc31)CCCN(C)C2=O. The summed E-state index contributed by atoms with van der Waals surface area (Å²) in [4.78, 5) is 14.4. The fourth-order valence-electron chi connectivity index (χ4n) is 3.00. The zero-order valence-corrected chi connectivity index (χ0v) is 12.8. The van der Waals surface area contributed by atoms with Gasteiger partial charge in [-0.25, -0.2) is 0 Å². The molecule has 1 aliphatic heterocycles. The van der Waals surface area contributed by atoms with E-state index in [4.69, 9.17) is 0 Å². The van der Waals surface area contributed by atoms with E-state index in [9.17, 15) is 4.79 Å². The van der Waals surface area contributed by atoms with E-state index in [-0.39, 0.29) is 5.91 Å². The molecule has 1 aromatic heterocycles. The summed E-state index contributed by atoms with van der Waals surface area (Å²) >= 11 is 3.53. The molecule has 0 atom stereocenters. The Morgan fingerprint density at radius 3 is 2.89 bits per heavy atom. The number of amides is 1. The molecular formula is C15H17BrN2O. The van der Waals surface area contributed by atoms with E-state index in [0.717, 1.165) is 36.1 Å². The highest BCUT2D eigenvalue weighted by Gasteiger charge is 2.26. The molecule has 0 spiro atoms. The van der Waals surface area contributed by atoms with Crippen molar-refractivity contribution in [3.05, 3.63) is 33.9 Å². The fourth-order valence-corrected chi connectivity index (χ4v) is 3.36. The molecule has 1 amide bonds. The highest BCUT2D eigenvalue weighted by Crippen LogP contribution is 2.32. The van der Waals surface area contributed by atoms with Crippen LogP contribution in [-0.4, -0.2) is 29.0 Å². The molecule has 0 bridgehead atoms. The number of aromatic nitrogens is 1. The van der Waals surface area contributed by atoms with Gasteiger partial charge in [-0.2, -0.15) is 0 Å². The number of hydrogen-bond acceptors (Lipinski definition) is 1. The zero-order chi connectivity index (χ0) is 13.6. The predicted molar refractivity (Wildman–Crippen MR) is 80.6 cm³/mol. The van der Waals surface area contributed by atoms with Crippen LogP contribution in [-0.2, 0) is 13.0 Å². The van der Waals surface area contributed by atoms with Gasteiger partial charge in [0.2, 0.25) is 0 Å². The third-order valence-corrected chi connectivity index (χ3v) is 4.41. The number of carbonyl (C=O) groups excluding carboxylic acids is 1. The Hall–Kier alpha value is -1.29. The maximum Gasteiger partial charge on any atom is 0.270 e. The van der Waals surface area contributed by atoms with Crippen LogP contribution < -0.4 is 0 Å². The van der Waals surface area contributed by atoms with Crippen molar-refractivity contribution in [2.45, 2.75) is 26.3 Å². The van der Waals surface area contributed by atoms with Crippen LogP contribution in [0.2, 0.25) is 0 Å². The summed E-state index contributed by atoms with van der Waals surface area (Å²) in [5.41, 5.74) is 3.27. The molecule has 0 saturated carbocycles. The molecule has 0 fully saturated rings. The third kappa shape index (κ3) is 1.89. The summed E-state index contributed by atoms with van der Waals surface area (Å²) in [5, 5.41) is 1.22. The van der Waals surface area contributed by atoms with E-state index >= 15 is 0 Å². The van der Waals surface area contributed by atoms with Gasteiger partial charge >= 0.3 is 0 Å². The van der Waals surface area contributed by atoms with Crippen molar-refractivity contribution in [3.63, 3.8) is 0 Å². The Bertz CT molecular complexity index is 660. The molecule has 4 heteroatoms. The topological polar surface area (TPSA) is 25.2 Å². The molecule has 1 aliphatic rings. The minimum Gasteiger partial charge on any atom is -0.340 e. The van der Waals surface area contributed by atoms with Crippen LogP contribution in [0.1, 0.15) is 29.4 Å². The molecule has 19 heavy (non-hydrogen) atoms. The highest BCUT2D eigenvalue weighted by atomic mass is 79.9. The average molecular weight is 321 g/mol. The molecule has 3 rings (SSSR count). The number of benzene rings is 1. The number of carbonyl (C=O) groups is 1. The monoisotopic (exact) mass is 320 g/mol. The lowest BCUT2D eigenvalue weighted by molar-refractivity contribution is 0.0790. The van der Waals surface area contributed by atoms with Gasteiger partial charge in [-0.15, -0.1) is 0 Å². The standard InChI is InChI=1S/C15H17BrN2O/c1-3-18-13-7-6-10(16)9-12(13)11-5-4-8-17(2)15(19)14(11)18/h6-7,9H,3-5,8H2,1-2H3. The van der Waals surface area contributed by atoms with Crippen molar-refractivity contribution in [2.75, 3.05) is 13.6 Å². The summed E-state index contributed by atoms with van der Waals surface area (Å²) in [5.74, 6) is 0.154. The normalized spacial score (nSPS) is 15.7. The first kappa shape index (κ1) is 12.7. The van der Waals surface area contributed by atoms with Crippen LogP contribution in [0, 0.1) is 0 Å². The van der Waals surface area contributed by atoms with Gasteiger partial charge < -0.3 is 9.47 Å². The van der Waals surface area contributed by atoms with Gasteiger partial charge in [-0.3, -0.25) is 4.79 Å². The Labute approximate surface area is 121 Å². The van der Waals surface area contributed by atoms with E-state index < -0.39 is 0 Å². The Kier molecular flexibility index (Phi) is 3.13. The molecule has 100 valence electrons. The van der Waals surface area contributed by atoms with Crippen molar-refractivity contribution in [1.82, 2.24) is 9.47 Å². The minimum atomic E-state index is 0.154. The van der Waals surface area contributed by atoms with E-state index in [1.54, 1.807) is 0 Å². The number of hydrogen-bond donors (Lipinski definition) is 0. The van der Waals surface area contributed by atoms with Crippen molar-refractivity contribution < 1.29 is 4.79 Å². The number of nitrogens with zero attached hydrogens (tertiary/aromatic N) is 2. The Morgan fingerprint density at radius 1 is 1.37 bits per heavy atom. The summed E-state index contributed by atoms with van der Waals surface area (Å²) in [6, 6.07) is 6.28. The maximum absolute atomic E-state index is 12.6. The predicted octanol–water partition coefficient (Wildman–Crippen LogP) is 3.44. The number of fused-ring (bicyclic) bond motifs is 3. The zero-order valence-electron chi connectivity index (χ0n) is 11.2. The Morgan fingerprint density at radius 2 is 2.16 bits per heavy atom. The van der Waals surface area contributed by atoms with E-state index in [2.05, 4.69) is 39.6 Å².